The van der Waals surface area contributed by atoms with Crippen LogP contribution < -0.4 is 0 Å². The molecular formula is C24H43N3O2. The molecule has 0 N–H and O–H groups in total. The van der Waals surface area contributed by atoms with Gasteiger partial charge in [-0.2, -0.15) is 0 Å². The van der Waals surface area contributed by atoms with E-state index in [1.165, 1.54) is 71.2 Å². The van der Waals surface area contributed by atoms with Gasteiger partial charge in [-0.25, -0.2) is 0 Å². The molecule has 1 atom stereocenters. The number of likely N-dealkylation sites (tertiary alicyclic amines) is 1. The number of ether oxygens (including phenoxy) is 1. The van der Waals surface area contributed by atoms with Gasteiger partial charge in [-0.05, 0) is 50.4 Å². The largest absolute Gasteiger partial charge is 0.375 e. The molecule has 4 fully saturated rings. The normalized spacial score (nSPS) is 29.8. The first kappa shape index (κ1) is 21.6. The quantitative estimate of drug-likeness (QED) is 0.703. The first-order chi connectivity index (χ1) is 14.0. The Morgan fingerprint density at radius 1 is 1.00 bits per heavy atom. The molecule has 1 spiro atoms. The summed E-state index contributed by atoms with van der Waals surface area (Å²) in [5, 5.41) is 0. The summed E-state index contributed by atoms with van der Waals surface area (Å²) >= 11 is 0. The molecule has 0 bridgehead atoms. The SMILES string of the molecule is CC(C)CN1CCN([C@H]2CCOC3(CCN(C(=O)CC4CCCC4)CC3)C2)CC1. The molecule has 0 aromatic heterocycles. The fourth-order valence-corrected chi connectivity index (χ4v) is 6.24. The smallest absolute Gasteiger partial charge is 0.222 e. The van der Waals surface area contributed by atoms with E-state index in [1.807, 2.05) is 0 Å². The number of piperidine rings is 1. The molecule has 166 valence electrons. The zero-order valence-corrected chi connectivity index (χ0v) is 18.9. The van der Waals surface area contributed by atoms with E-state index < -0.39 is 0 Å². The van der Waals surface area contributed by atoms with Crippen LogP contribution in [0.2, 0.25) is 0 Å². The summed E-state index contributed by atoms with van der Waals surface area (Å²) < 4.78 is 6.39. The Balaban J connectivity index is 1.24. The van der Waals surface area contributed by atoms with Crippen molar-refractivity contribution in [2.45, 2.75) is 83.3 Å². The number of hydrogen-bond donors (Lipinski definition) is 0. The van der Waals surface area contributed by atoms with E-state index in [9.17, 15) is 4.79 Å². The molecule has 29 heavy (non-hydrogen) atoms. The number of amides is 1. The van der Waals surface area contributed by atoms with Crippen molar-refractivity contribution in [1.29, 1.82) is 0 Å². The first-order valence-corrected chi connectivity index (χ1v) is 12.4. The van der Waals surface area contributed by atoms with Gasteiger partial charge < -0.3 is 14.5 Å². The summed E-state index contributed by atoms with van der Waals surface area (Å²) in [5.74, 6) is 1.82. The van der Waals surface area contributed by atoms with Gasteiger partial charge in [-0.1, -0.05) is 26.7 Å². The molecule has 4 rings (SSSR count). The first-order valence-electron chi connectivity index (χ1n) is 12.4. The van der Waals surface area contributed by atoms with Gasteiger partial charge in [0.05, 0.1) is 5.60 Å². The Hall–Kier alpha value is -0.650. The van der Waals surface area contributed by atoms with Gasteiger partial charge in [0.15, 0.2) is 0 Å². The maximum Gasteiger partial charge on any atom is 0.222 e. The highest BCUT2D eigenvalue weighted by Gasteiger charge is 2.43. The number of piperazine rings is 1. The lowest BCUT2D eigenvalue weighted by Crippen LogP contribution is -2.57. The lowest BCUT2D eigenvalue weighted by atomic mass is 9.81. The lowest BCUT2D eigenvalue weighted by Gasteiger charge is -2.50. The molecule has 5 nitrogen and oxygen atoms in total. The second kappa shape index (κ2) is 9.65. The topological polar surface area (TPSA) is 36.0 Å². The van der Waals surface area contributed by atoms with Crippen LogP contribution in [0.1, 0.15) is 71.6 Å². The van der Waals surface area contributed by atoms with E-state index in [2.05, 4.69) is 28.5 Å². The minimum absolute atomic E-state index is 0.0299. The van der Waals surface area contributed by atoms with Gasteiger partial charge in [-0.3, -0.25) is 9.69 Å². The average molecular weight is 406 g/mol. The van der Waals surface area contributed by atoms with Crippen molar-refractivity contribution in [3.63, 3.8) is 0 Å². The molecule has 3 aliphatic heterocycles. The maximum absolute atomic E-state index is 12.7. The predicted molar refractivity (Wildman–Crippen MR) is 117 cm³/mol. The molecule has 0 unspecified atom stereocenters. The van der Waals surface area contributed by atoms with E-state index in [4.69, 9.17) is 4.74 Å². The van der Waals surface area contributed by atoms with E-state index in [0.29, 0.717) is 17.9 Å². The number of hydrogen-bond acceptors (Lipinski definition) is 4. The monoisotopic (exact) mass is 405 g/mol. The van der Waals surface area contributed by atoms with Gasteiger partial charge in [0.1, 0.15) is 0 Å². The molecule has 5 heteroatoms. The lowest BCUT2D eigenvalue weighted by molar-refractivity contribution is -0.150. The number of carbonyl (C=O) groups is 1. The molecule has 0 aromatic rings. The van der Waals surface area contributed by atoms with Crippen LogP contribution in [-0.2, 0) is 9.53 Å². The van der Waals surface area contributed by atoms with Crippen LogP contribution >= 0.6 is 0 Å². The molecule has 0 aromatic carbocycles. The van der Waals surface area contributed by atoms with E-state index in [0.717, 1.165) is 44.9 Å². The Kier molecular flexibility index (Phi) is 7.18. The predicted octanol–water partition coefficient (Wildman–Crippen LogP) is 3.38. The van der Waals surface area contributed by atoms with Crippen LogP contribution in [-0.4, -0.2) is 84.7 Å². The third kappa shape index (κ3) is 5.54. The second-order valence-electron chi connectivity index (χ2n) is 10.6. The van der Waals surface area contributed by atoms with Crippen molar-refractivity contribution >= 4 is 5.91 Å². The fourth-order valence-electron chi connectivity index (χ4n) is 6.24. The van der Waals surface area contributed by atoms with Gasteiger partial charge in [0, 0.05) is 64.9 Å². The van der Waals surface area contributed by atoms with Gasteiger partial charge in [-0.15, -0.1) is 0 Å². The van der Waals surface area contributed by atoms with Crippen molar-refractivity contribution in [3.05, 3.63) is 0 Å². The molecule has 3 heterocycles. The number of rotatable bonds is 5. The van der Waals surface area contributed by atoms with Crippen LogP contribution in [0.5, 0.6) is 0 Å². The fraction of sp³-hybridized carbons (Fsp3) is 0.958. The van der Waals surface area contributed by atoms with Gasteiger partial charge >= 0.3 is 0 Å². The summed E-state index contributed by atoms with van der Waals surface area (Å²) in [4.78, 5) is 20.2. The van der Waals surface area contributed by atoms with Crippen LogP contribution in [0.25, 0.3) is 0 Å². The van der Waals surface area contributed by atoms with Crippen molar-refractivity contribution in [2.24, 2.45) is 11.8 Å². The van der Waals surface area contributed by atoms with E-state index in [1.54, 1.807) is 0 Å². The van der Waals surface area contributed by atoms with Crippen LogP contribution in [0.3, 0.4) is 0 Å². The van der Waals surface area contributed by atoms with Crippen LogP contribution in [0.4, 0.5) is 0 Å². The van der Waals surface area contributed by atoms with E-state index in [-0.39, 0.29) is 5.60 Å². The minimum atomic E-state index is 0.0299. The summed E-state index contributed by atoms with van der Waals surface area (Å²) in [6.07, 6.45) is 10.4. The van der Waals surface area contributed by atoms with Crippen LogP contribution in [0.15, 0.2) is 0 Å². The zero-order valence-electron chi connectivity index (χ0n) is 18.9. The molecule has 1 amide bonds. The maximum atomic E-state index is 12.7. The highest BCUT2D eigenvalue weighted by Crippen LogP contribution is 2.37. The van der Waals surface area contributed by atoms with Crippen molar-refractivity contribution < 1.29 is 9.53 Å². The molecule has 1 saturated carbocycles. The highest BCUT2D eigenvalue weighted by atomic mass is 16.5. The van der Waals surface area contributed by atoms with Gasteiger partial charge in [0.2, 0.25) is 5.91 Å². The molecule has 3 saturated heterocycles. The molecular weight excluding hydrogens is 362 g/mol. The zero-order chi connectivity index (χ0) is 20.3. The van der Waals surface area contributed by atoms with Crippen molar-refractivity contribution in [3.8, 4) is 0 Å². The average Bonchev–Trinajstić information content (AvgIpc) is 3.22. The summed E-state index contributed by atoms with van der Waals surface area (Å²) in [5.41, 5.74) is 0.0299. The van der Waals surface area contributed by atoms with Gasteiger partial charge in [0.25, 0.3) is 0 Å². The molecule has 1 aliphatic carbocycles. The van der Waals surface area contributed by atoms with Crippen molar-refractivity contribution in [1.82, 2.24) is 14.7 Å². The third-order valence-electron chi connectivity index (χ3n) is 7.98. The van der Waals surface area contributed by atoms with E-state index >= 15 is 0 Å². The number of nitrogens with zero attached hydrogens (tertiary/aromatic N) is 3. The Labute approximate surface area is 178 Å². The third-order valence-corrected chi connectivity index (χ3v) is 7.98. The standard InChI is InChI=1S/C24H43N3O2/c1-20(2)19-25-12-14-26(15-13-25)22-7-16-29-24(18-22)8-10-27(11-9-24)23(28)17-21-5-3-4-6-21/h20-22H,3-19H2,1-2H3/t22-/m0/s1. The summed E-state index contributed by atoms with van der Waals surface area (Å²) in [6.45, 7) is 13.4. The minimum Gasteiger partial charge on any atom is -0.375 e. The highest BCUT2D eigenvalue weighted by molar-refractivity contribution is 5.76. The summed E-state index contributed by atoms with van der Waals surface area (Å²) in [7, 11) is 0. The molecule has 0 radical (unpaired) electrons. The van der Waals surface area contributed by atoms with Crippen molar-refractivity contribution in [2.75, 3.05) is 52.4 Å². The second-order valence-corrected chi connectivity index (χ2v) is 10.6. The molecule has 4 aliphatic rings. The number of carbonyl (C=O) groups excluding carboxylic acids is 1. The Morgan fingerprint density at radius 3 is 2.34 bits per heavy atom. The Bertz CT molecular complexity index is 530. The summed E-state index contributed by atoms with van der Waals surface area (Å²) in [6, 6.07) is 0.672. The Morgan fingerprint density at radius 2 is 1.69 bits per heavy atom. The van der Waals surface area contributed by atoms with Crippen LogP contribution in [0, 0.1) is 11.8 Å².